The molecule has 38 heavy (non-hydrogen) atoms. The van der Waals surface area contributed by atoms with Gasteiger partial charge in [-0.3, -0.25) is 4.98 Å². The lowest BCUT2D eigenvalue weighted by Crippen LogP contribution is -2.07. The maximum Gasteiger partial charge on any atom is 0.106 e. The zero-order chi connectivity index (χ0) is 28.0. The van der Waals surface area contributed by atoms with Gasteiger partial charge >= 0.3 is 0 Å². The van der Waals surface area contributed by atoms with Crippen molar-refractivity contribution in [3.63, 3.8) is 0 Å². The van der Waals surface area contributed by atoms with Crippen LogP contribution < -0.4 is 11.5 Å². The van der Waals surface area contributed by atoms with Crippen molar-refractivity contribution in [1.29, 1.82) is 0 Å². The number of rotatable bonds is 6. The monoisotopic (exact) mass is 507 g/mol. The van der Waals surface area contributed by atoms with Crippen molar-refractivity contribution in [3.8, 4) is 11.1 Å². The van der Waals surface area contributed by atoms with E-state index in [9.17, 15) is 0 Å². The van der Waals surface area contributed by atoms with E-state index in [1.54, 1.807) is 0 Å². The summed E-state index contributed by atoms with van der Waals surface area (Å²) in [6.45, 7) is 8.89. The topological polar surface area (TPSA) is 82.0 Å². The smallest absolute Gasteiger partial charge is 0.106 e. The predicted molar refractivity (Wildman–Crippen MR) is 164 cm³/mol. The molecule has 3 aromatic carbocycles. The third kappa shape index (κ3) is 13.0. The molecule has 0 aliphatic rings. The van der Waals surface area contributed by atoms with Gasteiger partial charge in [-0.2, -0.15) is 0 Å². The zero-order valence-electron chi connectivity index (χ0n) is 22.8. The number of carbonyl (C=O) groups excluding carboxylic acids is 1. The highest BCUT2D eigenvalue weighted by Gasteiger charge is 2.08. The van der Waals surface area contributed by atoms with Gasteiger partial charge in [-0.15, -0.1) is 0 Å². The van der Waals surface area contributed by atoms with Crippen LogP contribution in [0.2, 0.25) is 0 Å². The molecule has 1 aromatic heterocycles. The van der Waals surface area contributed by atoms with Crippen LogP contribution in [0.1, 0.15) is 37.5 Å². The van der Waals surface area contributed by atoms with E-state index in [-0.39, 0.29) is 0 Å². The molecule has 0 spiro atoms. The van der Waals surface area contributed by atoms with Crippen LogP contribution in [0.4, 0.5) is 0 Å². The summed E-state index contributed by atoms with van der Waals surface area (Å²) in [4.78, 5) is 12.2. The number of carbonyl (C=O) groups is 1. The van der Waals surface area contributed by atoms with E-state index in [2.05, 4.69) is 56.1 Å². The van der Waals surface area contributed by atoms with Gasteiger partial charge in [-0.1, -0.05) is 112 Å². The molecule has 0 radical (unpaired) electrons. The highest BCUT2D eigenvalue weighted by atomic mass is 16.1. The second-order valence-corrected chi connectivity index (χ2v) is 8.90. The number of nitrogens with zero attached hydrogens (tertiary/aromatic N) is 1. The van der Waals surface area contributed by atoms with Crippen molar-refractivity contribution in [3.05, 3.63) is 139 Å². The molecule has 1 heterocycles. The Kier molecular flexibility index (Phi) is 16.4. The summed E-state index contributed by atoms with van der Waals surface area (Å²) in [5.41, 5.74) is 16.5. The number of hydrogen-bond acceptors (Lipinski definition) is 4. The van der Waals surface area contributed by atoms with Crippen LogP contribution in [-0.2, 0) is 11.2 Å². The number of pyridine rings is 1. The maximum absolute atomic E-state index is 8.00. The number of nitrogens with two attached hydrogens (primary N) is 2. The van der Waals surface area contributed by atoms with E-state index in [1.165, 1.54) is 29.1 Å². The normalized spacial score (nSPS) is 10.9. The predicted octanol–water partition coefficient (Wildman–Crippen LogP) is 7.63. The van der Waals surface area contributed by atoms with E-state index < -0.39 is 0 Å². The van der Waals surface area contributed by atoms with Crippen LogP contribution in [-0.4, -0.2) is 11.8 Å². The summed E-state index contributed by atoms with van der Waals surface area (Å²) in [7, 11) is 0. The van der Waals surface area contributed by atoms with E-state index >= 15 is 0 Å². The van der Waals surface area contributed by atoms with Crippen molar-refractivity contribution >= 4 is 18.9 Å². The van der Waals surface area contributed by atoms with Crippen LogP contribution >= 0.6 is 0 Å². The molecule has 4 heteroatoms. The molecule has 0 saturated carbocycles. The van der Waals surface area contributed by atoms with Gasteiger partial charge in [0.25, 0.3) is 0 Å². The SMILES string of the molecule is C=O.CC(C)C(C)Cc1ccc(-c2cccnc2)cc1.N/C=C/c1ccccc1.N/C=C/c1ccccc1. The molecule has 1 atom stereocenters. The maximum atomic E-state index is 8.00. The van der Waals surface area contributed by atoms with E-state index in [0.717, 1.165) is 29.4 Å². The minimum absolute atomic E-state index is 0.731. The number of aromatic nitrogens is 1. The van der Waals surface area contributed by atoms with Crippen molar-refractivity contribution in [2.75, 3.05) is 0 Å². The molecule has 4 nitrogen and oxygen atoms in total. The Morgan fingerprint density at radius 1 is 0.684 bits per heavy atom. The molecule has 0 bridgehead atoms. The molecule has 1 unspecified atom stereocenters. The van der Waals surface area contributed by atoms with Gasteiger partial charge < -0.3 is 16.3 Å². The molecule has 4 aromatic rings. The minimum Gasteiger partial charge on any atom is -0.405 e. The molecule has 0 aliphatic heterocycles. The van der Waals surface area contributed by atoms with Crippen LogP contribution in [0.15, 0.2) is 122 Å². The fraction of sp³-hybridized carbons (Fsp3) is 0.176. The largest absolute Gasteiger partial charge is 0.405 e. The second-order valence-electron chi connectivity index (χ2n) is 8.90. The van der Waals surface area contributed by atoms with Gasteiger partial charge in [0.15, 0.2) is 0 Å². The fourth-order valence-electron chi connectivity index (χ4n) is 3.32. The summed E-state index contributed by atoms with van der Waals surface area (Å²) in [6.07, 6.45) is 11.7. The van der Waals surface area contributed by atoms with Crippen LogP contribution in [0.25, 0.3) is 23.3 Å². The number of benzene rings is 3. The third-order valence-electron chi connectivity index (χ3n) is 5.82. The minimum atomic E-state index is 0.731. The lowest BCUT2D eigenvalue weighted by Gasteiger charge is -2.15. The van der Waals surface area contributed by atoms with Crippen molar-refractivity contribution < 1.29 is 4.79 Å². The molecule has 0 aliphatic carbocycles. The van der Waals surface area contributed by atoms with Crippen LogP contribution in [0.5, 0.6) is 0 Å². The van der Waals surface area contributed by atoms with Crippen molar-refractivity contribution in [2.24, 2.45) is 23.3 Å². The Hall–Kier alpha value is -4.44. The van der Waals surface area contributed by atoms with E-state index in [1.807, 2.05) is 98.1 Å². The summed E-state index contributed by atoms with van der Waals surface area (Å²) in [5, 5.41) is 0. The fourth-order valence-corrected chi connectivity index (χ4v) is 3.32. The Balaban J connectivity index is 0.000000304. The van der Waals surface area contributed by atoms with Crippen molar-refractivity contribution in [1.82, 2.24) is 4.98 Å². The first-order valence-electron chi connectivity index (χ1n) is 12.7. The Morgan fingerprint density at radius 3 is 1.58 bits per heavy atom. The van der Waals surface area contributed by atoms with Crippen LogP contribution in [0.3, 0.4) is 0 Å². The lowest BCUT2D eigenvalue weighted by atomic mass is 9.90. The van der Waals surface area contributed by atoms with Gasteiger partial charge in [0.2, 0.25) is 0 Å². The molecule has 4 N–H and O–H groups in total. The Bertz CT molecular complexity index is 1110. The molecule has 0 fully saturated rings. The standard InChI is InChI=1S/C17H21N.2C8H9N.CH2O/c1-13(2)14(3)11-15-6-8-16(9-7-15)17-5-4-10-18-12-17;2*9-7-6-8-4-2-1-3-5-8;1-2/h4-10,12-14H,11H2,1-3H3;2*1-7H,9H2;1H2/b;2*7-6+;. The van der Waals surface area contributed by atoms with Crippen LogP contribution in [0, 0.1) is 11.8 Å². The van der Waals surface area contributed by atoms with E-state index in [4.69, 9.17) is 16.3 Å². The Labute approximate surface area is 228 Å². The first kappa shape index (κ1) is 31.6. The van der Waals surface area contributed by atoms with Crippen molar-refractivity contribution in [2.45, 2.75) is 27.2 Å². The molecule has 198 valence electrons. The highest BCUT2D eigenvalue weighted by Crippen LogP contribution is 2.21. The second kappa shape index (κ2) is 19.7. The molecular weight excluding hydrogens is 466 g/mol. The summed E-state index contributed by atoms with van der Waals surface area (Å²) >= 11 is 0. The average molecular weight is 508 g/mol. The lowest BCUT2D eigenvalue weighted by molar-refractivity contribution is -0.0979. The van der Waals surface area contributed by atoms with Gasteiger partial charge in [0.1, 0.15) is 6.79 Å². The van der Waals surface area contributed by atoms with E-state index in [0.29, 0.717) is 0 Å². The quantitative estimate of drug-likeness (QED) is 0.281. The molecule has 0 saturated heterocycles. The highest BCUT2D eigenvalue weighted by molar-refractivity contribution is 5.62. The van der Waals surface area contributed by atoms with Gasteiger partial charge in [0.05, 0.1) is 0 Å². The average Bonchev–Trinajstić information content (AvgIpc) is 2.97. The zero-order valence-corrected chi connectivity index (χ0v) is 22.8. The molecule has 4 rings (SSSR count). The molecular formula is C34H41N3O. The van der Waals surface area contributed by atoms with Gasteiger partial charge in [-0.25, -0.2) is 0 Å². The first-order valence-corrected chi connectivity index (χ1v) is 12.7. The summed E-state index contributed by atoms with van der Waals surface area (Å²) in [6, 6.07) is 32.8. The molecule has 0 amide bonds. The first-order chi connectivity index (χ1) is 18.5. The summed E-state index contributed by atoms with van der Waals surface area (Å²) < 4.78 is 0. The number of hydrogen-bond donors (Lipinski definition) is 2. The summed E-state index contributed by atoms with van der Waals surface area (Å²) in [5.74, 6) is 1.47. The van der Waals surface area contributed by atoms with Gasteiger partial charge in [-0.05, 0) is 76.7 Å². The van der Waals surface area contributed by atoms with Gasteiger partial charge in [0, 0.05) is 12.4 Å². The Morgan fingerprint density at radius 2 is 1.18 bits per heavy atom. The third-order valence-corrected chi connectivity index (χ3v) is 5.82.